The van der Waals surface area contributed by atoms with Crippen LogP contribution >= 0.6 is 0 Å². The summed E-state index contributed by atoms with van der Waals surface area (Å²) in [5.74, 6) is 2.21. The van der Waals surface area contributed by atoms with E-state index in [0.717, 1.165) is 11.6 Å². The fourth-order valence-electron chi connectivity index (χ4n) is 8.14. The van der Waals surface area contributed by atoms with Crippen molar-refractivity contribution in [2.75, 3.05) is 0 Å². The van der Waals surface area contributed by atoms with E-state index in [1.165, 1.54) is 89.5 Å². The van der Waals surface area contributed by atoms with Gasteiger partial charge in [0.1, 0.15) is 47.5 Å². The molecular formula is C42H48N4+2. The second kappa shape index (κ2) is 11.6. The Kier molecular flexibility index (Phi) is 7.88. The van der Waals surface area contributed by atoms with Gasteiger partial charge in [-0.2, -0.15) is 18.3 Å². The highest BCUT2D eigenvalue weighted by molar-refractivity contribution is 5.60. The third kappa shape index (κ3) is 5.20. The number of aromatic nitrogens is 4. The minimum Gasteiger partial charge on any atom is -0.188 e. The van der Waals surface area contributed by atoms with Crippen LogP contribution in [0.15, 0.2) is 73.3 Å². The zero-order valence-electron chi connectivity index (χ0n) is 29.7. The van der Waals surface area contributed by atoms with E-state index in [1.54, 1.807) is 0 Å². The normalized spacial score (nSPS) is 11.5. The van der Waals surface area contributed by atoms with Crippen LogP contribution in [0, 0.1) is 83.1 Å². The summed E-state index contributed by atoms with van der Waals surface area (Å²) in [4.78, 5) is 0. The topological polar surface area (TPSA) is 17.6 Å². The first-order valence-electron chi connectivity index (χ1n) is 16.4. The quantitative estimate of drug-likeness (QED) is 0.174. The molecule has 0 fully saturated rings. The third-order valence-electron chi connectivity index (χ3n) is 9.35. The van der Waals surface area contributed by atoms with Crippen LogP contribution in [-0.4, -0.2) is 9.13 Å². The van der Waals surface area contributed by atoms with Crippen molar-refractivity contribution in [3.63, 3.8) is 0 Å². The lowest BCUT2D eigenvalue weighted by Gasteiger charge is -2.15. The fraction of sp³-hybridized carbons (Fsp3) is 0.286. The van der Waals surface area contributed by atoms with E-state index in [0.29, 0.717) is 0 Å². The summed E-state index contributed by atoms with van der Waals surface area (Å²) < 4.78 is 9.68. The number of nitrogens with zero attached hydrogens (tertiary/aromatic N) is 4. The zero-order valence-corrected chi connectivity index (χ0v) is 29.7. The Balaban J connectivity index is 1.84. The second-order valence-electron chi connectivity index (χ2n) is 13.7. The highest BCUT2D eigenvalue weighted by Gasteiger charge is 2.39. The van der Waals surface area contributed by atoms with Crippen molar-refractivity contribution < 1.29 is 9.13 Å². The first-order valence-corrected chi connectivity index (χ1v) is 16.4. The highest BCUT2D eigenvalue weighted by Crippen LogP contribution is 2.32. The van der Waals surface area contributed by atoms with Crippen LogP contribution in [0.3, 0.4) is 0 Å². The molecule has 4 heteroatoms. The molecule has 2 heterocycles. The van der Waals surface area contributed by atoms with Crippen LogP contribution < -0.4 is 9.13 Å². The molecule has 4 nitrogen and oxygen atoms in total. The number of benzene rings is 4. The summed E-state index contributed by atoms with van der Waals surface area (Å²) in [6.07, 6.45) is 9.02. The van der Waals surface area contributed by atoms with Gasteiger partial charge in [0.15, 0.2) is 0 Å². The molecule has 46 heavy (non-hydrogen) atoms. The Morgan fingerprint density at radius 3 is 0.848 bits per heavy atom. The number of aryl methyl sites for hydroxylation is 12. The molecule has 0 amide bonds. The summed E-state index contributed by atoms with van der Waals surface area (Å²) >= 11 is 0. The van der Waals surface area contributed by atoms with Gasteiger partial charge in [-0.3, -0.25) is 0 Å². The lowest BCUT2D eigenvalue weighted by atomic mass is 10.0. The van der Waals surface area contributed by atoms with Crippen LogP contribution in [0.5, 0.6) is 0 Å². The molecule has 6 aromatic rings. The molecule has 0 aliphatic carbocycles. The molecule has 0 radical (unpaired) electrons. The molecule has 0 aliphatic heterocycles. The van der Waals surface area contributed by atoms with Crippen LogP contribution in [0.25, 0.3) is 34.4 Å². The largest absolute Gasteiger partial charge is 0.384 e. The SMILES string of the molecule is Cc1cc(C)c(-n2cc[n+](-c3c(C)cc(C)cc3C)c2-c2n(-c3c(C)cc(C)cc3C)cc[n+]2-c2c(C)cc(C)cc2C)c(C)c1. The van der Waals surface area contributed by atoms with Crippen molar-refractivity contribution >= 4 is 0 Å². The number of hydrogen-bond acceptors (Lipinski definition) is 0. The molecule has 2 aromatic heterocycles. The van der Waals surface area contributed by atoms with Gasteiger partial charge >= 0.3 is 11.6 Å². The maximum absolute atomic E-state index is 2.42. The lowest BCUT2D eigenvalue weighted by Crippen LogP contribution is -2.42. The van der Waals surface area contributed by atoms with E-state index in [-0.39, 0.29) is 0 Å². The van der Waals surface area contributed by atoms with Crippen molar-refractivity contribution in [1.82, 2.24) is 9.13 Å². The third-order valence-corrected chi connectivity index (χ3v) is 9.35. The van der Waals surface area contributed by atoms with Crippen molar-refractivity contribution in [2.24, 2.45) is 0 Å². The number of imidazole rings is 2. The van der Waals surface area contributed by atoms with Crippen LogP contribution in [-0.2, 0) is 0 Å². The van der Waals surface area contributed by atoms with E-state index in [1.807, 2.05) is 0 Å². The van der Waals surface area contributed by atoms with Gasteiger partial charge in [-0.1, -0.05) is 70.8 Å². The Bertz CT molecular complexity index is 1770. The van der Waals surface area contributed by atoms with Gasteiger partial charge in [0.2, 0.25) is 0 Å². The van der Waals surface area contributed by atoms with Crippen LogP contribution in [0.4, 0.5) is 0 Å². The van der Waals surface area contributed by atoms with Crippen LogP contribution in [0.2, 0.25) is 0 Å². The van der Waals surface area contributed by atoms with Crippen molar-refractivity contribution in [3.8, 4) is 34.4 Å². The van der Waals surface area contributed by atoms with Gasteiger partial charge in [0.25, 0.3) is 0 Å². The van der Waals surface area contributed by atoms with Crippen molar-refractivity contribution in [1.29, 1.82) is 0 Å². The van der Waals surface area contributed by atoms with Gasteiger partial charge in [-0.15, -0.1) is 0 Å². The highest BCUT2D eigenvalue weighted by atomic mass is 15.3. The Morgan fingerprint density at radius 1 is 0.348 bits per heavy atom. The Morgan fingerprint density at radius 2 is 0.587 bits per heavy atom. The molecule has 6 rings (SSSR count). The van der Waals surface area contributed by atoms with E-state index >= 15 is 0 Å². The first kappa shape index (κ1) is 31.3. The van der Waals surface area contributed by atoms with Gasteiger partial charge in [-0.05, 0) is 128 Å². The molecule has 0 saturated carbocycles. The minimum absolute atomic E-state index is 1.11. The summed E-state index contributed by atoms with van der Waals surface area (Å²) in [5.41, 5.74) is 20.1. The van der Waals surface area contributed by atoms with E-state index in [4.69, 9.17) is 0 Å². The molecule has 234 valence electrons. The molecule has 0 atom stereocenters. The van der Waals surface area contributed by atoms with E-state index in [2.05, 4.69) is 175 Å². The van der Waals surface area contributed by atoms with Gasteiger partial charge in [0, 0.05) is 0 Å². The Hall–Kier alpha value is -4.70. The second-order valence-corrected chi connectivity index (χ2v) is 13.7. The monoisotopic (exact) mass is 608 g/mol. The van der Waals surface area contributed by atoms with Crippen molar-refractivity contribution in [3.05, 3.63) is 140 Å². The molecule has 0 spiro atoms. The smallest absolute Gasteiger partial charge is 0.188 e. The minimum atomic E-state index is 1.11. The van der Waals surface area contributed by atoms with E-state index < -0.39 is 0 Å². The average molecular weight is 609 g/mol. The predicted molar refractivity (Wildman–Crippen MR) is 190 cm³/mol. The van der Waals surface area contributed by atoms with Crippen LogP contribution in [0.1, 0.15) is 66.8 Å². The summed E-state index contributed by atoms with van der Waals surface area (Å²) in [5, 5.41) is 0. The molecule has 4 aromatic carbocycles. The average Bonchev–Trinajstić information content (AvgIpc) is 3.51. The first-order chi connectivity index (χ1) is 21.8. The van der Waals surface area contributed by atoms with Gasteiger partial charge in [0.05, 0.1) is 0 Å². The van der Waals surface area contributed by atoms with Gasteiger partial charge < -0.3 is 0 Å². The number of hydrogen-bond donors (Lipinski definition) is 0. The zero-order chi connectivity index (χ0) is 33.2. The molecular weight excluding hydrogens is 560 g/mol. The molecule has 0 N–H and O–H groups in total. The standard InChI is InChI=1S/C42H48N4/c1-25-17-29(5)37(30(6)18-25)43-13-14-44(38-31(7)19-26(2)20-32(38)8)41(43)42-45(39-33(9)21-27(3)22-34(39)10)15-16-46(42)40-35(11)23-28(4)24-36(40)12/h13-24H,1-12H3/q+2. The summed E-state index contributed by atoms with van der Waals surface area (Å²) in [6.45, 7) is 26.6. The lowest BCUT2D eigenvalue weighted by molar-refractivity contribution is -0.616. The molecule has 0 bridgehead atoms. The maximum atomic E-state index is 2.42. The molecule has 0 aliphatic rings. The maximum Gasteiger partial charge on any atom is 0.384 e. The van der Waals surface area contributed by atoms with Crippen molar-refractivity contribution in [2.45, 2.75) is 83.1 Å². The summed E-state index contributed by atoms with van der Waals surface area (Å²) in [6, 6.07) is 18.4. The molecule has 0 unspecified atom stereocenters. The number of rotatable bonds is 5. The molecule has 0 saturated heterocycles. The fourth-order valence-corrected chi connectivity index (χ4v) is 8.14. The summed E-state index contributed by atoms with van der Waals surface area (Å²) in [7, 11) is 0. The predicted octanol–water partition coefficient (Wildman–Crippen LogP) is 9.19. The Labute approximate surface area is 275 Å². The van der Waals surface area contributed by atoms with Gasteiger partial charge in [-0.25, -0.2) is 0 Å². The van der Waals surface area contributed by atoms with E-state index in [9.17, 15) is 0 Å².